The molecule has 0 saturated heterocycles. The summed E-state index contributed by atoms with van der Waals surface area (Å²) in [5.74, 6) is 0. The van der Waals surface area contributed by atoms with Crippen LogP contribution in [0.1, 0.15) is 0 Å². The third kappa shape index (κ3) is 4.34. The Morgan fingerprint density at radius 1 is 0.536 bits per heavy atom. The minimum atomic E-state index is -0.540. The number of benzene rings is 3. The van der Waals surface area contributed by atoms with E-state index in [9.17, 15) is 0 Å². The molecule has 5 rings (SSSR count). The molecule has 0 aromatic heterocycles. The van der Waals surface area contributed by atoms with E-state index in [1.54, 1.807) is 0 Å². The van der Waals surface area contributed by atoms with E-state index in [2.05, 4.69) is 103 Å². The van der Waals surface area contributed by atoms with Crippen LogP contribution in [0.25, 0.3) is 21.5 Å². The fourth-order valence-electron chi connectivity index (χ4n) is 3.55. The third-order valence-electron chi connectivity index (χ3n) is 4.74. The van der Waals surface area contributed by atoms with Gasteiger partial charge in [-0.3, -0.25) is 0 Å². The van der Waals surface area contributed by atoms with Crippen molar-refractivity contribution in [3.63, 3.8) is 0 Å². The van der Waals surface area contributed by atoms with Gasteiger partial charge in [-0.05, 0) is 5.30 Å². The number of hydrogen-bond donors (Lipinski definition) is 0. The Labute approximate surface area is 198 Å². The van der Waals surface area contributed by atoms with Crippen LogP contribution >= 0.6 is 7.92 Å². The fourth-order valence-corrected chi connectivity index (χ4v) is 5.99. The van der Waals surface area contributed by atoms with Crippen LogP contribution in [0.15, 0.2) is 103 Å². The van der Waals surface area contributed by atoms with Gasteiger partial charge in [0.25, 0.3) is 0 Å². The summed E-state index contributed by atoms with van der Waals surface area (Å²) in [5, 5.41) is 9.58. The zero-order valence-electron chi connectivity index (χ0n) is 15.0. The second-order valence-corrected chi connectivity index (χ2v) is 8.58. The van der Waals surface area contributed by atoms with Crippen molar-refractivity contribution < 1.29 is 50.7 Å². The molecule has 0 aliphatic rings. The van der Waals surface area contributed by atoms with Crippen LogP contribution in [0.5, 0.6) is 0 Å². The molecule has 5 aromatic rings. The molecule has 0 spiro atoms. The van der Waals surface area contributed by atoms with Crippen molar-refractivity contribution in [3.8, 4) is 0 Å². The summed E-state index contributed by atoms with van der Waals surface area (Å²) in [6.07, 6.45) is 0. The molecular formula is C24H17Cl2HfP. The number of fused-ring (bicyclic) bond motifs is 2. The monoisotopic (exact) mass is 586 g/mol. The summed E-state index contributed by atoms with van der Waals surface area (Å²) < 4.78 is 0. The first-order chi connectivity index (χ1) is 12.4. The van der Waals surface area contributed by atoms with Crippen LogP contribution in [0.4, 0.5) is 0 Å². The molecule has 0 heterocycles. The maximum absolute atomic E-state index is 2.37. The number of hydrogen-bond acceptors (Lipinski definition) is 0. The Morgan fingerprint density at radius 3 is 1.43 bits per heavy atom. The Kier molecular flexibility index (Phi) is 8.22. The Bertz CT molecular complexity index is 1020. The van der Waals surface area contributed by atoms with E-state index in [0.717, 1.165) is 0 Å². The van der Waals surface area contributed by atoms with Crippen molar-refractivity contribution in [1.29, 1.82) is 0 Å². The third-order valence-corrected chi connectivity index (χ3v) is 7.10. The second-order valence-electron chi connectivity index (χ2n) is 6.36. The molecule has 0 amide bonds. The largest absolute Gasteiger partial charge is 4.00 e. The topological polar surface area (TPSA) is 0 Å². The van der Waals surface area contributed by atoms with Crippen LogP contribution < -0.4 is 40.7 Å². The molecule has 28 heavy (non-hydrogen) atoms. The van der Waals surface area contributed by atoms with Crippen molar-refractivity contribution in [2.45, 2.75) is 0 Å². The molecule has 0 saturated carbocycles. The van der Waals surface area contributed by atoms with Crippen LogP contribution in [0.3, 0.4) is 0 Å². The first-order valence-electron chi connectivity index (χ1n) is 8.55. The molecule has 136 valence electrons. The zero-order valence-corrected chi connectivity index (χ0v) is 21.0. The van der Waals surface area contributed by atoms with Crippen LogP contribution in [-0.2, 0) is 25.8 Å². The average molecular weight is 586 g/mol. The standard InChI is InChI=1S/C24H17P.2ClH.Hf/c1-2-12-22(13-3-1)25(23-14-18-8-4-5-9-19(18)15-23)24-16-20-10-6-7-11-21(20)17-24;;;/h1-17H;2*1H;/q-2;;;+4/p-2. The van der Waals surface area contributed by atoms with Gasteiger partial charge in [0.05, 0.1) is 0 Å². The first-order valence-corrected chi connectivity index (χ1v) is 9.89. The van der Waals surface area contributed by atoms with Gasteiger partial charge in [-0.25, -0.2) is 0 Å². The van der Waals surface area contributed by atoms with E-state index in [0.29, 0.717) is 0 Å². The van der Waals surface area contributed by atoms with E-state index >= 15 is 0 Å². The SMILES string of the molecule is [Cl-].[Cl-].[Hf+4].c1ccc(P(c2cc3ccccc3[cH-]2)c2cc3ccccc3[cH-]2)cc1. The van der Waals surface area contributed by atoms with Gasteiger partial charge in [0.1, 0.15) is 0 Å². The smallest absolute Gasteiger partial charge is 1.00 e. The minimum Gasteiger partial charge on any atom is -1.00 e. The van der Waals surface area contributed by atoms with E-state index in [1.807, 2.05) is 0 Å². The summed E-state index contributed by atoms with van der Waals surface area (Å²) in [7, 11) is -0.540. The molecule has 0 N–H and O–H groups in total. The second kappa shape index (κ2) is 9.99. The van der Waals surface area contributed by atoms with Gasteiger partial charge in [0.2, 0.25) is 0 Å². The van der Waals surface area contributed by atoms with Crippen LogP contribution in [0, 0.1) is 0 Å². The predicted octanol–water partition coefficient (Wildman–Crippen LogP) is -0.805. The van der Waals surface area contributed by atoms with Crippen molar-refractivity contribution in [2.24, 2.45) is 0 Å². The summed E-state index contributed by atoms with van der Waals surface area (Å²) in [4.78, 5) is 0. The molecule has 0 nitrogen and oxygen atoms in total. The maximum atomic E-state index is 2.37. The van der Waals surface area contributed by atoms with Crippen molar-refractivity contribution in [1.82, 2.24) is 0 Å². The molecule has 0 aliphatic heterocycles. The molecule has 0 atom stereocenters. The van der Waals surface area contributed by atoms with Crippen molar-refractivity contribution in [2.75, 3.05) is 0 Å². The zero-order chi connectivity index (χ0) is 16.6. The van der Waals surface area contributed by atoms with Gasteiger partial charge in [-0.2, -0.15) is 12.1 Å². The first kappa shape index (κ1) is 23.0. The van der Waals surface area contributed by atoms with Gasteiger partial charge >= 0.3 is 25.8 Å². The fraction of sp³-hybridized carbons (Fsp3) is 0. The van der Waals surface area contributed by atoms with Crippen molar-refractivity contribution in [3.05, 3.63) is 103 Å². The van der Waals surface area contributed by atoms with Crippen LogP contribution in [0.2, 0.25) is 0 Å². The van der Waals surface area contributed by atoms with Gasteiger partial charge in [-0.15, -0.1) is 80.7 Å². The molecule has 0 bridgehead atoms. The number of rotatable bonds is 3. The molecule has 0 unspecified atom stereocenters. The van der Waals surface area contributed by atoms with E-state index in [-0.39, 0.29) is 50.7 Å². The summed E-state index contributed by atoms with van der Waals surface area (Å²) in [6.45, 7) is 0. The van der Waals surface area contributed by atoms with E-state index in [4.69, 9.17) is 0 Å². The minimum absolute atomic E-state index is 0. The normalized spacial score (nSPS) is 10.3. The molecule has 4 heteroatoms. The maximum Gasteiger partial charge on any atom is 4.00 e. The Balaban J connectivity index is 0.000000934. The van der Waals surface area contributed by atoms with Gasteiger partial charge in [0.15, 0.2) is 0 Å². The summed E-state index contributed by atoms with van der Waals surface area (Å²) >= 11 is 0. The Hall–Kier alpha value is -1.24. The predicted molar refractivity (Wildman–Crippen MR) is 111 cm³/mol. The average Bonchev–Trinajstić information content (AvgIpc) is 3.26. The Morgan fingerprint density at radius 2 is 0.964 bits per heavy atom. The quantitative estimate of drug-likeness (QED) is 0.148. The van der Waals surface area contributed by atoms with Crippen LogP contribution in [-0.4, -0.2) is 0 Å². The molecule has 5 aromatic carbocycles. The summed E-state index contributed by atoms with van der Waals surface area (Å²) in [6, 6.07) is 37.7. The molecular weight excluding hydrogens is 569 g/mol. The van der Waals surface area contributed by atoms with Crippen molar-refractivity contribution >= 4 is 45.4 Å². The molecule has 0 fully saturated rings. The molecule has 0 aliphatic carbocycles. The van der Waals surface area contributed by atoms with Gasteiger partial charge in [0, 0.05) is 0 Å². The molecule has 0 radical (unpaired) electrons. The summed E-state index contributed by atoms with van der Waals surface area (Å²) in [5.41, 5.74) is 0. The van der Waals surface area contributed by atoms with E-state index < -0.39 is 7.92 Å². The van der Waals surface area contributed by atoms with Gasteiger partial charge in [-0.1, -0.05) is 50.4 Å². The van der Waals surface area contributed by atoms with E-state index in [1.165, 1.54) is 37.5 Å². The van der Waals surface area contributed by atoms with Gasteiger partial charge < -0.3 is 24.8 Å². The number of halogens is 2.